The molecule has 0 spiro atoms. The molecule has 2 rings (SSSR count). The van der Waals surface area contributed by atoms with E-state index in [2.05, 4.69) is 19.2 Å². The molecule has 0 bridgehead atoms. The van der Waals surface area contributed by atoms with Gasteiger partial charge < -0.3 is 19.9 Å². The summed E-state index contributed by atoms with van der Waals surface area (Å²) in [6.07, 6.45) is 2.03. The van der Waals surface area contributed by atoms with Crippen molar-refractivity contribution in [2.75, 3.05) is 19.8 Å². The number of hydrogen-bond donors (Lipinski definition) is 2. The summed E-state index contributed by atoms with van der Waals surface area (Å²) in [5, 5.41) is 13.9. The standard InChI is InChI=1S/C14H27NO3/c1-5-17-12-8-11(13(12,3)4)15-9-14(16)6-7-18-10(14)2/h10-12,15-16H,5-9H2,1-4H3. The van der Waals surface area contributed by atoms with Crippen molar-refractivity contribution in [1.29, 1.82) is 0 Å². The number of rotatable bonds is 5. The zero-order valence-corrected chi connectivity index (χ0v) is 12.0. The van der Waals surface area contributed by atoms with Crippen molar-refractivity contribution in [3.63, 3.8) is 0 Å². The third kappa shape index (κ3) is 2.44. The predicted octanol–water partition coefficient (Wildman–Crippen LogP) is 1.32. The lowest BCUT2D eigenvalue weighted by molar-refractivity contribution is -0.120. The number of nitrogens with one attached hydrogen (secondary N) is 1. The maximum Gasteiger partial charge on any atom is 0.105 e. The highest BCUT2D eigenvalue weighted by molar-refractivity contribution is 5.04. The van der Waals surface area contributed by atoms with Crippen LogP contribution < -0.4 is 5.32 Å². The van der Waals surface area contributed by atoms with E-state index in [1.807, 2.05) is 13.8 Å². The highest BCUT2D eigenvalue weighted by Crippen LogP contribution is 2.43. The van der Waals surface area contributed by atoms with Gasteiger partial charge in [-0.3, -0.25) is 0 Å². The molecule has 0 radical (unpaired) electrons. The topological polar surface area (TPSA) is 50.7 Å². The van der Waals surface area contributed by atoms with E-state index in [4.69, 9.17) is 9.47 Å². The summed E-state index contributed by atoms with van der Waals surface area (Å²) < 4.78 is 11.2. The first-order valence-corrected chi connectivity index (χ1v) is 7.09. The lowest BCUT2D eigenvalue weighted by Gasteiger charge is -2.52. The maximum absolute atomic E-state index is 10.4. The second-order valence-electron chi connectivity index (χ2n) is 6.30. The molecule has 4 unspecified atom stereocenters. The van der Waals surface area contributed by atoms with Crippen molar-refractivity contribution in [3.05, 3.63) is 0 Å². The van der Waals surface area contributed by atoms with Gasteiger partial charge in [0.15, 0.2) is 0 Å². The van der Waals surface area contributed by atoms with Crippen LogP contribution in [0.1, 0.15) is 40.5 Å². The Labute approximate surface area is 110 Å². The van der Waals surface area contributed by atoms with Gasteiger partial charge >= 0.3 is 0 Å². The summed E-state index contributed by atoms with van der Waals surface area (Å²) in [6.45, 7) is 10.5. The molecule has 0 aromatic carbocycles. The van der Waals surface area contributed by atoms with Crippen LogP contribution in [0.4, 0.5) is 0 Å². The van der Waals surface area contributed by atoms with E-state index in [1.165, 1.54) is 0 Å². The lowest BCUT2D eigenvalue weighted by Crippen LogP contribution is -2.63. The van der Waals surface area contributed by atoms with Crippen molar-refractivity contribution in [3.8, 4) is 0 Å². The fourth-order valence-corrected chi connectivity index (χ4v) is 3.02. The highest BCUT2D eigenvalue weighted by Gasteiger charge is 2.50. The highest BCUT2D eigenvalue weighted by atomic mass is 16.5. The van der Waals surface area contributed by atoms with Crippen LogP contribution in [0.15, 0.2) is 0 Å². The zero-order chi connectivity index (χ0) is 13.4. The molecule has 0 aromatic heterocycles. The first kappa shape index (κ1) is 14.3. The maximum atomic E-state index is 10.4. The summed E-state index contributed by atoms with van der Waals surface area (Å²) >= 11 is 0. The van der Waals surface area contributed by atoms with Gasteiger partial charge in [0.05, 0.1) is 12.2 Å². The van der Waals surface area contributed by atoms with Crippen LogP contribution in [0.2, 0.25) is 0 Å². The molecular formula is C14H27NO3. The van der Waals surface area contributed by atoms with Crippen LogP contribution in [-0.4, -0.2) is 48.7 Å². The van der Waals surface area contributed by atoms with Gasteiger partial charge in [0.1, 0.15) is 5.60 Å². The van der Waals surface area contributed by atoms with Crippen LogP contribution in [0.25, 0.3) is 0 Å². The average Bonchev–Trinajstić information content (AvgIpc) is 2.64. The lowest BCUT2D eigenvalue weighted by atomic mass is 9.64. The Bertz CT molecular complexity index is 295. The number of hydrogen-bond acceptors (Lipinski definition) is 4. The molecule has 1 heterocycles. The second kappa shape index (κ2) is 5.08. The van der Waals surface area contributed by atoms with E-state index in [-0.39, 0.29) is 11.5 Å². The van der Waals surface area contributed by atoms with Crippen molar-refractivity contribution in [2.24, 2.45) is 5.41 Å². The van der Waals surface area contributed by atoms with Crippen LogP contribution in [0.5, 0.6) is 0 Å². The van der Waals surface area contributed by atoms with Gasteiger partial charge in [-0.1, -0.05) is 13.8 Å². The van der Waals surface area contributed by atoms with Gasteiger partial charge in [0.25, 0.3) is 0 Å². The Morgan fingerprint density at radius 1 is 1.44 bits per heavy atom. The van der Waals surface area contributed by atoms with Crippen LogP contribution in [0, 0.1) is 5.41 Å². The summed E-state index contributed by atoms with van der Waals surface area (Å²) in [4.78, 5) is 0. The molecule has 1 aliphatic carbocycles. The van der Waals surface area contributed by atoms with Gasteiger partial charge in [0, 0.05) is 37.6 Å². The van der Waals surface area contributed by atoms with Gasteiger partial charge in [0.2, 0.25) is 0 Å². The SMILES string of the molecule is CCOC1CC(NCC2(O)CCOC2C)C1(C)C. The Kier molecular flexibility index (Phi) is 4.02. The van der Waals surface area contributed by atoms with Gasteiger partial charge in [-0.25, -0.2) is 0 Å². The minimum Gasteiger partial charge on any atom is -0.386 e. The van der Waals surface area contributed by atoms with Crippen LogP contribution >= 0.6 is 0 Å². The fraction of sp³-hybridized carbons (Fsp3) is 1.00. The first-order valence-electron chi connectivity index (χ1n) is 7.09. The Morgan fingerprint density at radius 3 is 2.67 bits per heavy atom. The van der Waals surface area contributed by atoms with Crippen molar-refractivity contribution < 1.29 is 14.6 Å². The van der Waals surface area contributed by atoms with E-state index in [0.29, 0.717) is 25.3 Å². The number of aliphatic hydroxyl groups is 1. The molecule has 2 N–H and O–H groups in total. The Morgan fingerprint density at radius 2 is 2.17 bits per heavy atom. The molecule has 4 nitrogen and oxygen atoms in total. The van der Waals surface area contributed by atoms with E-state index >= 15 is 0 Å². The minimum atomic E-state index is -0.702. The van der Waals surface area contributed by atoms with E-state index in [9.17, 15) is 5.11 Å². The molecule has 18 heavy (non-hydrogen) atoms. The van der Waals surface area contributed by atoms with E-state index in [0.717, 1.165) is 19.4 Å². The summed E-state index contributed by atoms with van der Waals surface area (Å²) in [5.41, 5.74) is -0.554. The molecule has 0 aromatic rings. The smallest absolute Gasteiger partial charge is 0.105 e. The largest absolute Gasteiger partial charge is 0.386 e. The minimum absolute atomic E-state index is 0.0733. The predicted molar refractivity (Wildman–Crippen MR) is 70.6 cm³/mol. The van der Waals surface area contributed by atoms with Crippen molar-refractivity contribution in [1.82, 2.24) is 5.32 Å². The first-order chi connectivity index (χ1) is 8.40. The summed E-state index contributed by atoms with van der Waals surface area (Å²) in [6, 6.07) is 0.422. The molecule has 1 saturated heterocycles. The molecule has 106 valence electrons. The van der Waals surface area contributed by atoms with Gasteiger partial charge in [-0.2, -0.15) is 0 Å². The van der Waals surface area contributed by atoms with Crippen molar-refractivity contribution >= 4 is 0 Å². The quantitative estimate of drug-likeness (QED) is 0.780. The average molecular weight is 257 g/mol. The van der Waals surface area contributed by atoms with E-state index < -0.39 is 5.60 Å². The van der Waals surface area contributed by atoms with Crippen molar-refractivity contribution in [2.45, 2.75) is 64.4 Å². The molecule has 0 amide bonds. The molecule has 2 fully saturated rings. The van der Waals surface area contributed by atoms with Crippen LogP contribution in [0.3, 0.4) is 0 Å². The Balaban J connectivity index is 1.82. The summed E-state index contributed by atoms with van der Waals surface area (Å²) in [7, 11) is 0. The molecular weight excluding hydrogens is 230 g/mol. The summed E-state index contributed by atoms with van der Waals surface area (Å²) in [5.74, 6) is 0. The van der Waals surface area contributed by atoms with Gasteiger partial charge in [-0.05, 0) is 20.3 Å². The third-order valence-electron chi connectivity index (χ3n) is 4.86. The fourth-order valence-electron chi connectivity index (χ4n) is 3.02. The van der Waals surface area contributed by atoms with Crippen LogP contribution in [-0.2, 0) is 9.47 Å². The Hall–Kier alpha value is -0.160. The monoisotopic (exact) mass is 257 g/mol. The molecule has 1 aliphatic heterocycles. The molecule has 2 aliphatic rings. The second-order valence-corrected chi connectivity index (χ2v) is 6.30. The normalized spacial score (nSPS) is 42.8. The van der Waals surface area contributed by atoms with E-state index in [1.54, 1.807) is 0 Å². The van der Waals surface area contributed by atoms with Gasteiger partial charge in [-0.15, -0.1) is 0 Å². The zero-order valence-electron chi connectivity index (χ0n) is 12.0. The third-order valence-corrected chi connectivity index (χ3v) is 4.86. The molecule has 4 atom stereocenters. The molecule has 4 heteroatoms. The number of ether oxygens (including phenoxy) is 2. The molecule has 1 saturated carbocycles.